The second-order valence-corrected chi connectivity index (χ2v) is 4.59. The minimum Gasteiger partial charge on any atom is -0.477 e. The third-order valence-electron chi connectivity index (χ3n) is 2.50. The van der Waals surface area contributed by atoms with Crippen molar-refractivity contribution in [3.8, 4) is 0 Å². The van der Waals surface area contributed by atoms with E-state index in [2.05, 4.69) is 10.5 Å². The molecule has 1 aromatic rings. The number of nitrogens with one attached hydrogen (secondary N) is 1. The van der Waals surface area contributed by atoms with Crippen LogP contribution in [0.5, 0.6) is 0 Å². The highest BCUT2D eigenvalue weighted by Crippen LogP contribution is 2.11. The number of carbonyl (C=O) groups excluding carboxylic acids is 1. The van der Waals surface area contributed by atoms with Crippen molar-refractivity contribution in [3.63, 3.8) is 0 Å². The van der Waals surface area contributed by atoms with E-state index < -0.39 is 12.1 Å². The van der Waals surface area contributed by atoms with E-state index in [1.165, 1.54) is 0 Å². The van der Waals surface area contributed by atoms with Crippen molar-refractivity contribution >= 4 is 28.9 Å². The second kappa shape index (κ2) is 5.63. The number of carbonyl (C=O) groups is 2. The molecule has 0 fully saturated rings. The number of carboxylic acid groups (broad SMARTS) is 1. The van der Waals surface area contributed by atoms with Gasteiger partial charge in [0.2, 0.25) is 6.10 Å². The molecule has 0 aliphatic carbocycles. The maximum absolute atomic E-state index is 11.6. The van der Waals surface area contributed by atoms with E-state index in [-0.39, 0.29) is 18.0 Å². The number of carboxylic acids is 1. The Morgan fingerprint density at radius 1 is 1.61 bits per heavy atom. The number of hydrogen-bond acceptors (Lipinski definition) is 5. The zero-order chi connectivity index (χ0) is 13.0. The van der Waals surface area contributed by atoms with Crippen molar-refractivity contribution in [2.24, 2.45) is 5.16 Å². The molecule has 0 saturated carbocycles. The molecule has 1 unspecified atom stereocenters. The number of thiophene rings is 1. The maximum atomic E-state index is 11.6. The molecule has 1 aliphatic heterocycles. The molecule has 1 aliphatic rings. The van der Waals surface area contributed by atoms with Crippen molar-refractivity contribution < 1.29 is 19.5 Å². The topological polar surface area (TPSA) is 88.0 Å². The van der Waals surface area contributed by atoms with E-state index in [1.54, 1.807) is 11.3 Å². The Balaban J connectivity index is 1.72. The fraction of sp³-hybridized carbons (Fsp3) is 0.364. The van der Waals surface area contributed by atoms with Gasteiger partial charge >= 0.3 is 5.97 Å². The molecule has 1 aromatic heterocycles. The van der Waals surface area contributed by atoms with E-state index in [0.29, 0.717) is 6.54 Å². The molecule has 1 atom stereocenters. The van der Waals surface area contributed by atoms with Gasteiger partial charge in [0, 0.05) is 13.0 Å². The minimum absolute atomic E-state index is 0.0135. The van der Waals surface area contributed by atoms with Gasteiger partial charge < -0.3 is 15.3 Å². The van der Waals surface area contributed by atoms with Gasteiger partial charge in [-0.1, -0.05) is 5.16 Å². The van der Waals surface area contributed by atoms with Gasteiger partial charge in [-0.3, -0.25) is 4.79 Å². The third-order valence-corrected chi connectivity index (χ3v) is 3.23. The average molecular weight is 268 g/mol. The van der Waals surface area contributed by atoms with Crippen LogP contribution in [0.4, 0.5) is 0 Å². The summed E-state index contributed by atoms with van der Waals surface area (Å²) in [5.74, 6) is -1.48. The van der Waals surface area contributed by atoms with Crippen LogP contribution in [0.2, 0.25) is 0 Å². The number of hydrogen-bond donors (Lipinski definition) is 2. The van der Waals surface area contributed by atoms with Crippen molar-refractivity contribution in [2.75, 3.05) is 6.54 Å². The molecular weight excluding hydrogens is 256 g/mol. The van der Waals surface area contributed by atoms with Gasteiger partial charge in [-0.05, 0) is 28.8 Å². The Bertz CT molecular complexity index is 469. The lowest BCUT2D eigenvalue weighted by atomic mass is 10.1. The highest BCUT2D eigenvalue weighted by atomic mass is 32.1. The highest BCUT2D eigenvalue weighted by molar-refractivity contribution is 7.07. The lowest BCUT2D eigenvalue weighted by Crippen LogP contribution is -2.36. The summed E-state index contributed by atoms with van der Waals surface area (Å²) in [5, 5.41) is 18.7. The van der Waals surface area contributed by atoms with Gasteiger partial charge in [0.15, 0.2) is 5.71 Å². The van der Waals surface area contributed by atoms with Crippen LogP contribution in [-0.4, -0.2) is 35.3 Å². The molecule has 2 heterocycles. The van der Waals surface area contributed by atoms with Gasteiger partial charge in [-0.25, -0.2) is 4.79 Å². The summed E-state index contributed by atoms with van der Waals surface area (Å²) in [4.78, 5) is 27.0. The van der Waals surface area contributed by atoms with Crippen LogP contribution in [0.25, 0.3) is 0 Å². The molecule has 0 saturated heterocycles. The molecule has 0 aromatic carbocycles. The molecule has 2 rings (SSSR count). The van der Waals surface area contributed by atoms with Crippen LogP contribution in [0.3, 0.4) is 0 Å². The molecular formula is C11H12N2O4S. The summed E-state index contributed by atoms with van der Waals surface area (Å²) < 4.78 is 0. The number of aliphatic carboxylic acids is 1. The van der Waals surface area contributed by atoms with Crippen LogP contribution in [0.1, 0.15) is 12.0 Å². The highest BCUT2D eigenvalue weighted by Gasteiger charge is 2.31. The molecule has 0 spiro atoms. The molecule has 18 heavy (non-hydrogen) atoms. The van der Waals surface area contributed by atoms with Crippen LogP contribution >= 0.6 is 11.3 Å². The summed E-state index contributed by atoms with van der Waals surface area (Å²) in [5.41, 5.74) is 1.04. The van der Waals surface area contributed by atoms with Crippen LogP contribution in [0, 0.1) is 0 Å². The van der Waals surface area contributed by atoms with Gasteiger partial charge in [0.25, 0.3) is 5.91 Å². The smallest absolute Gasteiger partial charge is 0.353 e. The first-order chi connectivity index (χ1) is 8.66. The summed E-state index contributed by atoms with van der Waals surface area (Å²) >= 11 is 1.61. The largest absolute Gasteiger partial charge is 0.477 e. The fourth-order valence-electron chi connectivity index (χ4n) is 1.52. The third kappa shape index (κ3) is 3.07. The standard InChI is InChI=1S/C11H12N2O4S/c14-10(9-5-8(11(15)16)13-17-9)12-3-1-7-2-4-18-6-7/h2,4,6,9H,1,3,5H2,(H,12,14)(H,15,16). The Morgan fingerprint density at radius 3 is 3.06 bits per heavy atom. The molecule has 0 bridgehead atoms. The van der Waals surface area contributed by atoms with Gasteiger partial charge in [-0.15, -0.1) is 0 Å². The lowest BCUT2D eigenvalue weighted by molar-refractivity contribution is -0.131. The molecule has 96 valence electrons. The summed E-state index contributed by atoms with van der Waals surface area (Å²) in [6, 6.07) is 1.99. The Hall–Kier alpha value is -1.89. The second-order valence-electron chi connectivity index (χ2n) is 3.81. The summed E-state index contributed by atoms with van der Waals surface area (Å²) in [7, 11) is 0. The number of rotatable bonds is 5. The molecule has 2 N–H and O–H groups in total. The first kappa shape index (κ1) is 12.6. The quantitative estimate of drug-likeness (QED) is 0.820. The Kier molecular flexibility index (Phi) is 3.93. The SMILES string of the molecule is O=C(O)C1=NOC(C(=O)NCCc2ccsc2)C1. The predicted molar refractivity (Wildman–Crippen MR) is 65.6 cm³/mol. The van der Waals surface area contributed by atoms with E-state index >= 15 is 0 Å². The average Bonchev–Trinajstić information content (AvgIpc) is 2.99. The molecule has 6 nitrogen and oxygen atoms in total. The molecule has 7 heteroatoms. The number of amides is 1. The van der Waals surface area contributed by atoms with Crippen molar-refractivity contribution in [1.29, 1.82) is 0 Å². The fourth-order valence-corrected chi connectivity index (χ4v) is 2.23. The van der Waals surface area contributed by atoms with Crippen LogP contribution < -0.4 is 5.32 Å². The van der Waals surface area contributed by atoms with Crippen LogP contribution in [0.15, 0.2) is 22.0 Å². The van der Waals surface area contributed by atoms with E-state index in [4.69, 9.17) is 9.94 Å². The predicted octanol–water partition coefficient (Wildman–Crippen LogP) is 0.636. The maximum Gasteiger partial charge on any atom is 0.353 e. The Labute approximate surface area is 107 Å². The molecule has 0 radical (unpaired) electrons. The van der Waals surface area contributed by atoms with Gasteiger partial charge in [0.1, 0.15) is 0 Å². The number of nitrogens with zero attached hydrogens (tertiary/aromatic N) is 1. The van der Waals surface area contributed by atoms with E-state index in [1.807, 2.05) is 16.8 Å². The molecule has 1 amide bonds. The normalized spacial score (nSPS) is 18.0. The zero-order valence-corrected chi connectivity index (χ0v) is 10.3. The van der Waals surface area contributed by atoms with Crippen molar-refractivity contribution in [1.82, 2.24) is 5.32 Å². The Morgan fingerprint density at radius 2 is 2.44 bits per heavy atom. The first-order valence-electron chi connectivity index (χ1n) is 5.41. The zero-order valence-electron chi connectivity index (χ0n) is 9.46. The van der Waals surface area contributed by atoms with E-state index in [0.717, 1.165) is 12.0 Å². The first-order valence-corrected chi connectivity index (χ1v) is 6.36. The van der Waals surface area contributed by atoms with Gasteiger partial charge in [0.05, 0.1) is 0 Å². The summed E-state index contributed by atoms with van der Waals surface area (Å²) in [6.45, 7) is 0.498. The monoisotopic (exact) mass is 268 g/mol. The minimum atomic E-state index is -1.15. The van der Waals surface area contributed by atoms with E-state index in [9.17, 15) is 9.59 Å². The van der Waals surface area contributed by atoms with Crippen LogP contribution in [-0.2, 0) is 20.8 Å². The summed E-state index contributed by atoms with van der Waals surface area (Å²) in [6.07, 6.45) is -0.0626. The number of oxime groups is 1. The lowest BCUT2D eigenvalue weighted by Gasteiger charge is -2.08. The van der Waals surface area contributed by atoms with Crippen molar-refractivity contribution in [3.05, 3.63) is 22.4 Å². The van der Waals surface area contributed by atoms with Crippen molar-refractivity contribution in [2.45, 2.75) is 18.9 Å². The van der Waals surface area contributed by atoms with Gasteiger partial charge in [-0.2, -0.15) is 11.3 Å².